The molecule has 4 heterocycles. The molecular weight excluding hydrogens is 331 g/mol. The lowest BCUT2D eigenvalue weighted by Crippen LogP contribution is -2.29. The van der Waals surface area contributed by atoms with E-state index in [0.29, 0.717) is 24.8 Å². The third-order valence-electron chi connectivity index (χ3n) is 5.21. The van der Waals surface area contributed by atoms with Crippen LogP contribution in [0.15, 0.2) is 36.7 Å². The molecule has 2 aliphatic rings. The number of hydrogen-bond acceptors (Lipinski definition) is 5. The van der Waals surface area contributed by atoms with Gasteiger partial charge < -0.3 is 10.2 Å². The lowest BCUT2D eigenvalue weighted by Gasteiger charge is -2.15. The van der Waals surface area contributed by atoms with Gasteiger partial charge in [-0.1, -0.05) is 6.07 Å². The first-order chi connectivity index (χ1) is 12.7. The van der Waals surface area contributed by atoms with Crippen LogP contribution in [0.1, 0.15) is 24.3 Å². The summed E-state index contributed by atoms with van der Waals surface area (Å²) >= 11 is 0. The quantitative estimate of drug-likeness (QED) is 0.782. The van der Waals surface area contributed by atoms with E-state index in [0.717, 1.165) is 17.0 Å². The van der Waals surface area contributed by atoms with Crippen molar-refractivity contribution < 1.29 is 4.39 Å². The molecule has 1 saturated carbocycles. The van der Waals surface area contributed by atoms with Gasteiger partial charge in [-0.25, -0.2) is 18.9 Å². The van der Waals surface area contributed by atoms with Gasteiger partial charge in [-0.3, -0.25) is 0 Å². The molecular formula is C19H21FN6. The van der Waals surface area contributed by atoms with Gasteiger partial charge in [-0.15, -0.1) is 0 Å². The summed E-state index contributed by atoms with van der Waals surface area (Å²) in [7, 11) is 1.93. The van der Waals surface area contributed by atoms with Crippen molar-refractivity contribution in [3.8, 4) is 11.4 Å². The van der Waals surface area contributed by atoms with Crippen LogP contribution in [0.4, 0.5) is 10.2 Å². The van der Waals surface area contributed by atoms with E-state index < -0.39 is 6.17 Å². The van der Waals surface area contributed by atoms with Gasteiger partial charge in [0.15, 0.2) is 5.65 Å². The molecule has 1 aliphatic carbocycles. The molecule has 6 nitrogen and oxygen atoms in total. The second-order valence-electron chi connectivity index (χ2n) is 7.37. The van der Waals surface area contributed by atoms with Crippen molar-refractivity contribution in [3.05, 3.63) is 42.2 Å². The Morgan fingerprint density at radius 2 is 2.08 bits per heavy atom. The van der Waals surface area contributed by atoms with Gasteiger partial charge in [0.1, 0.15) is 17.7 Å². The number of aromatic nitrogens is 4. The topological polar surface area (TPSA) is 58.3 Å². The van der Waals surface area contributed by atoms with E-state index >= 15 is 0 Å². The van der Waals surface area contributed by atoms with Crippen molar-refractivity contribution in [2.24, 2.45) is 0 Å². The van der Waals surface area contributed by atoms with Crippen molar-refractivity contribution in [1.29, 1.82) is 0 Å². The average molecular weight is 352 g/mol. The smallest absolute Gasteiger partial charge is 0.154 e. The third kappa shape index (κ3) is 2.82. The standard InChI is InChI=1S/C19H21FN6/c1-25-10-14(20)16(11-25)24-18-4-2-3-15(23-18)17-9-21-19-7-13(12-5-6-12)8-22-26(17)19/h2-4,7-9,12,14,16H,5-6,10-11H2,1H3,(H,23,24)/t14-,16-/m0/s1. The maximum Gasteiger partial charge on any atom is 0.154 e. The molecule has 0 unspecified atom stereocenters. The molecule has 5 rings (SSSR count). The minimum absolute atomic E-state index is 0.232. The molecule has 1 saturated heterocycles. The van der Waals surface area contributed by atoms with Crippen molar-refractivity contribution in [3.63, 3.8) is 0 Å². The number of pyridine rings is 1. The molecule has 134 valence electrons. The van der Waals surface area contributed by atoms with E-state index in [9.17, 15) is 4.39 Å². The molecule has 1 aliphatic heterocycles. The van der Waals surface area contributed by atoms with Crippen LogP contribution in [0.25, 0.3) is 17.0 Å². The fourth-order valence-corrected chi connectivity index (χ4v) is 3.64. The monoisotopic (exact) mass is 352 g/mol. The molecule has 3 aromatic heterocycles. The van der Waals surface area contributed by atoms with Crippen LogP contribution in [0.5, 0.6) is 0 Å². The molecule has 0 bridgehead atoms. The summed E-state index contributed by atoms with van der Waals surface area (Å²) in [5.41, 5.74) is 3.71. The highest BCUT2D eigenvalue weighted by Crippen LogP contribution is 2.40. The van der Waals surface area contributed by atoms with Crippen molar-refractivity contribution in [2.45, 2.75) is 31.0 Å². The highest BCUT2D eigenvalue weighted by atomic mass is 19.1. The first-order valence-electron chi connectivity index (χ1n) is 9.07. The van der Waals surface area contributed by atoms with Gasteiger partial charge in [0.05, 0.1) is 24.1 Å². The maximum atomic E-state index is 14.1. The first-order valence-corrected chi connectivity index (χ1v) is 9.07. The van der Waals surface area contributed by atoms with Gasteiger partial charge in [-0.05, 0) is 49.6 Å². The van der Waals surface area contributed by atoms with E-state index in [1.165, 1.54) is 18.4 Å². The lowest BCUT2D eigenvalue weighted by atomic mass is 10.2. The Hall–Kier alpha value is -2.54. The summed E-state index contributed by atoms with van der Waals surface area (Å²) in [4.78, 5) is 11.1. The third-order valence-corrected chi connectivity index (χ3v) is 5.21. The molecule has 3 aromatic rings. The van der Waals surface area contributed by atoms with E-state index in [2.05, 4.69) is 26.4 Å². The number of likely N-dealkylation sites (tertiary alicyclic amines) is 1. The van der Waals surface area contributed by atoms with Crippen LogP contribution in [-0.2, 0) is 0 Å². The van der Waals surface area contributed by atoms with Gasteiger partial charge in [0.25, 0.3) is 0 Å². The summed E-state index contributed by atoms with van der Waals surface area (Å²) in [6.07, 6.45) is 5.33. The molecule has 7 heteroatoms. The van der Waals surface area contributed by atoms with Gasteiger partial charge in [0.2, 0.25) is 0 Å². The summed E-state index contributed by atoms with van der Waals surface area (Å²) in [6, 6.07) is 7.60. The zero-order chi connectivity index (χ0) is 17.7. The number of nitrogens with one attached hydrogen (secondary N) is 1. The Kier molecular flexibility index (Phi) is 3.63. The number of alkyl halides is 1. The summed E-state index contributed by atoms with van der Waals surface area (Å²) in [5, 5.41) is 7.79. The highest BCUT2D eigenvalue weighted by molar-refractivity contribution is 5.61. The fraction of sp³-hybridized carbons (Fsp3) is 0.421. The Morgan fingerprint density at radius 3 is 2.85 bits per heavy atom. The van der Waals surface area contributed by atoms with Crippen LogP contribution in [0.2, 0.25) is 0 Å². The largest absolute Gasteiger partial charge is 0.363 e. The Morgan fingerprint density at radius 1 is 1.19 bits per heavy atom. The zero-order valence-corrected chi connectivity index (χ0v) is 14.6. The van der Waals surface area contributed by atoms with Crippen molar-refractivity contribution in [2.75, 3.05) is 25.5 Å². The van der Waals surface area contributed by atoms with E-state index in [1.807, 2.05) is 40.9 Å². The molecule has 0 radical (unpaired) electrons. The molecule has 2 atom stereocenters. The second kappa shape index (κ2) is 6.02. The number of likely N-dealkylation sites (N-methyl/N-ethyl adjacent to an activating group) is 1. The normalized spacial score (nSPS) is 23.6. The average Bonchev–Trinajstić information content (AvgIpc) is 3.32. The SMILES string of the molecule is CN1C[C@H](Nc2cccc(-c3cnc4cc(C5CC5)cnn34)n2)[C@@H](F)C1. The van der Waals surface area contributed by atoms with E-state index in [1.54, 1.807) is 6.20 Å². The number of anilines is 1. The van der Waals surface area contributed by atoms with Crippen molar-refractivity contribution >= 4 is 11.5 Å². The van der Waals surface area contributed by atoms with Crippen LogP contribution >= 0.6 is 0 Å². The molecule has 2 fully saturated rings. The van der Waals surface area contributed by atoms with Crippen LogP contribution in [0, 0.1) is 0 Å². The summed E-state index contributed by atoms with van der Waals surface area (Å²) < 4.78 is 15.9. The highest BCUT2D eigenvalue weighted by Gasteiger charge is 2.31. The Bertz CT molecular complexity index is 950. The number of nitrogens with zero attached hydrogens (tertiary/aromatic N) is 5. The molecule has 1 N–H and O–H groups in total. The van der Waals surface area contributed by atoms with Gasteiger partial charge >= 0.3 is 0 Å². The minimum Gasteiger partial charge on any atom is -0.363 e. The predicted octanol–water partition coefficient (Wildman–Crippen LogP) is 2.73. The summed E-state index contributed by atoms with van der Waals surface area (Å²) in [6.45, 7) is 1.13. The number of hydrogen-bond donors (Lipinski definition) is 1. The predicted molar refractivity (Wildman–Crippen MR) is 98.0 cm³/mol. The van der Waals surface area contributed by atoms with Crippen LogP contribution in [-0.4, -0.2) is 56.8 Å². The number of fused-ring (bicyclic) bond motifs is 1. The van der Waals surface area contributed by atoms with Crippen molar-refractivity contribution in [1.82, 2.24) is 24.5 Å². The zero-order valence-electron chi connectivity index (χ0n) is 14.6. The molecule has 0 amide bonds. The molecule has 0 spiro atoms. The Balaban J connectivity index is 1.44. The number of rotatable bonds is 4. The fourth-order valence-electron chi connectivity index (χ4n) is 3.64. The maximum absolute atomic E-state index is 14.1. The van der Waals surface area contributed by atoms with Gasteiger partial charge in [-0.2, -0.15) is 5.10 Å². The number of imidazole rings is 1. The molecule has 0 aromatic carbocycles. The number of halogens is 1. The lowest BCUT2D eigenvalue weighted by molar-refractivity contribution is 0.314. The van der Waals surface area contributed by atoms with Crippen LogP contribution < -0.4 is 5.32 Å². The molecule has 26 heavy (non-hydrogen) atoms. The summed E-state index contributed by atoms with van der Waals surface area (Å²) in [5.74, 6) is 1.33. The van der Waals surface area contributed by atoms with Gasteiger partial charge in [0, 0.05) is 13.1 Å². The second-order valence-corrected chi connectivity index (χ2v) is 7.37. The van der Waals surface area contributed by atoms with Crippen LogP contribution in [0.3, 0.4) is 0 Å². The minimum atomic E-state index is -0.885. The first kappa shape index (κ1) is 15.7. The van der Waals surface area contributed by atoms with E-state index in [4.69, 9.17) is 0 Å². The van der Waals surface area contributed by atoms with E-state index in [-0.39, 0.29) is 6.04 Å². The Labute approximate surface area is 151 Å².